The molecule has 1 aromatic carbocycles. The van der Waals surface area contributed by atoms with Gasteiger partial charge in [0, 0.05) is 17.4 Å². The van der Waals surface area contributed by atoms with Crippen LogP contribution in [-0.2, 0) is 6.54 Å². The Hall–Kier alpha value is -2.26. The molecule has 0 fully saturated rings. The minimum absolute atomic E-state index is 0.207. The second-order valence-electron chi connectivity index (χ2n) is 5.01. The van der Waals surface area contributed by atoms with E-state index in [-0.39, 0.29) is 11.5 Å². The fourth-order valence-electron chi connectivity index (χ4n) is 2.19. The van der Waals surface area contributed by atoms with Crippen LogP contribution in [0.3, 0.4) is 0 Å². The van der Waals surface area contributed by atoms with Crippen LogP contribution in [0.5, 0.6) is 0 Å². The molecule has 0 radical (unpaired) electrons. The predicted octanol–water partition coefficient (Wildman–Crippen LogP) is 4.19. The van der Waals surface area contributed by atoms with Crippen molar-refractivity contribution in [2.75, 3.05) is 5.32 Å². The van der Waals surface area contributed by atoms with Crippen LogP contribution in [0.15, 0.2) is 47.2 Å². The number of alkyl halides is 2. The maximum atomic E-state index is 12.8. The van der Waals surface area contributed by atoms with Gasteiger partial charge in [0.15, 0.2) is 5.82 Å². The molecule has 10 heteroatoms. The second-order valence-corrected chi connectivity index (χ2v) is 6.27. The van der Waals surface area contributed by atoms with Crippen molar-refractivity contribution in [1.82, 2.24) is 19.6 Å². The van der Waals surface area contributed by atoms with E-state index in [0.717, 1.165) is 11.8 Å². The van der Waals surface area contributed by atoms with E-state index in [1.54, 1.807) is 16.9 Å². The quantitative estimate of drug-likeness (QED) is 0.660. The molecule has 0 spiro atoms. The molecular weight excluding hydrogens is 420 g/mol. The Morgan fingerprint density at radius 3 is 2.80 bits per heavy atom. The van der Waals surface area contributed by atoms with Gasteiger partial charge in [-0.05, 0) is 33.6 Å². The third-order valence-corrected chi connectivity index (χ3v) is 4.28. The van der Waals surface area contributed by atoms with Crippen molar-refractivity contribution >= 4 is 39.3 Å². The van der Waals surface area contributed by atoms with Crippen molar-refractivity contribution in [3.05, 3.63) is 63.5 Å². The molecular formula is C15H11BrClF2N5O. The highest BCUT2D eigenvalue weighted by atomic mass is 79.9. The molecule has 0 saturated carbocycles. The molecule has 25 heavy (non-hydrogen) atoms. The molecule has 0 aliphatic rings. The van der Waals surface area contributed by atoms with Crippen molar-refractivity contribution in [3.63, 3.8) is 0 Å². The van der Waals surface area contributed by atoms with Gasteiger partial charge in [0.05, 0.1) is 11.0 Å². The standard InChI is InChI=1S/C15H11BrClF2N5O/c16-10-8-23(7-9-3-1-2-4-11(9)17)22-13(10)21-14(25)12-5-6-20-24(12)15(18)19/h1-6,8,15H,7H2,(H,21,22,25). The Balaban J connectivity index is 1.78. The molecule has 0 aliphatic heterocycles. The lowest BCUT2D eigenvalue weighted by Gasteiger charge is -2.06. The van der Waals surface area contributed by atoms with Crippen LogP contribution in [0.1, 0.15) is 22.6 Å². The van der Waals surface area contributed by atoms with E-state index >= 15 is 0 Å². The summed E-state index contributed by atoms with van der Waals surface area (Å²) in [6.45, 7) is -2.51. The first kappa shape index (κ1) is 17.6. The third kappa shape index (κ3) is 3.88. The van der Waals surface area contributed by atoms with Gasteiger partial charge in [0.25, 0.3) is 5.91 Å². The number of hydrogen-bond acceptors (Lipinski definition) is 3. The number of nitrogens with one attached hydrogen (secondary N) is 1. The van der Waals surface area contributed by atoms with Crippen LogP contribution >= 0.6 is 27.5 Å². The van der Waals surface area contributed by atoms with Gasteiger partial charge in [0.1, 0.15) is 5.69 Å². The Morgan fingerprint density at radius 1 is 1.32 bits per heavy atom. The van der Waals surface area contributed by atoms with Gasteiger partial charge >= 0.3 is 6.55 Å². The van der Waals surface area contributed by atoms with Gasteiger partial charge < -0.3 is 5.32 Å². The van der Waals surface area contributed by atoms with Crippen molar-refractivity contribution in [3.8, 4) is 0 Å². The van der Waals surface area contributed by atoms with Crippen molar-refractivity contribution in [1.29, 1.82) is 0 Å². The van der Waals surface area contributed by atoms with Crippen molar-refractivity contribution in [2.45, 2.75) is 13.1 Å². The lowest BCUT2D eigenvalue weighted by atomic mass is 10.2. The highest BCUT2D eigenvalue weighted by molar-refractivity contribution is 9.10. The van der Waals surface area contributed by atoms with E-state index < -0.39 is 12.5 Å². The van der Waals surface area contributed by atoms with Gasteiger partial charge in [-0.3, -0.25) is 9.48 Å². The first-order valence-corrected chi connectivity index (χ1v) is 8.22. The van der Waals surface area contributed by atoms with Crippen LogP contribution in [0.25, 0.3) is 0 Å². The van der Waals surface area contributed by atoms with Crippen molar-refractivity contribution < 1.29 is 13.6 Å². The molecule has 0 bridgehead atoms. The highest BCUT2D eigenvalue weighted by Crippen LogP contribution is 2.23. The average Bonchev–Trinajstić information content (AvgIpc) is 3.17. The fourth-order valence-corrected chi connectivity index (χ4v) is 2.80. The zero-order valence-corrected chi connectivity index (χ0v) is 14.9. The maximum Gasteiger partial charge on any atom is 0.333 e. The zero-order chi connectivity index (χ0) is 18.0. The van der Waals surface area contributed by atoms with Crippen LogP contribution in [-0.4, -0.2) is 25.5 Å². The normalized spacial score (nSPS) is 11.1. The fraction of sp³-hybridized carbons (Fsp3) is 0.133. The Morgan fingerprint density at radius 2 is 2.08 bits per heavy atom. The summed E-state index contributed by atoms with van der Waals surface area (Å²) in [5.41, 5.74) is 0.593. The van der Waals surface area contributed by atoms with E-state index in [1.165, 1.54) is 6.07 Å². The number of halogens is 4. The van der Waals surface area contributed by atoms with E-state index in [0.29, 0.717) is 20.7 Å². The molecule has 3 aromatic rings. The zero-order valence-electron chi connectivity index (χ0n) is 12.5. The molecule has 0 saturated heterocycles. The van der Waals surface area contributed by atoms with E-state index in [4.69, 9.17) is 11.6 Å². The van der Waals surface area contributed by atoms with E-state index in [2.05, 4.69) is 31.4 Å². The first-order valence-electron chi connectivity index (χ1n) is 7.05. The molecule has 130 valence electrons. The summed E-state index contributed by atoms with van der Waals surface area (Å²) >= 11 is 9.40. The number of anilines is 1. The number of carbonyl (C=O) groups excluding carboxylic acids is 1. The Bertz CT molecular complexity index is 911. The first-order chi connectivity index (χ1) is 12.0. The SMILES string of the molecule is O=C(Nc1nn(Cc2ccccc2Cl)cc1Br)c1ccnn1C(F)F. The lowest BCUT2D eigenvalue weighted by molar-refractivity contribution is 0.0520. The minimum atomic E-state index is -2.91. The van der Waals surface area contributed by atoms with Crippen LogP contribution in [0.2, 0.25) is 5.02 Å². The summed E-state index contributed by atoms with van der Waals surface area (Å²) in [4.78, 5) is 12.2. The summed E-state index contributed by atoms with van der Waals surface area (Å²) < 4.78 is 28.0. The average molecular weight is 431 g/mol. The molecule has 0 aliphatic carbocycles. The summed E-state index contributed by atoms with van der Waals surface area (Å²) in [7, 11) is 0. The Labute approximate surface area is 154 Å². The molecule has 2 aromatic heterocycles. The summed E-state index contributed by atoms with van der Waals surface area (Å²) in [5, 5.41) is 10.7. The Kier molecular flexibility index (Phi) is 5.14. The van der Waals surface area contributed by atoms with Crippen molar-refractivity contribution in [2.24, 2.45) is 0 Å². The monoisotopic (exact) mass is 429 g/mol. The molecule has 3 rings (SSSR count). The molecule has 1 N–H and O–H groups in total. The van der Waals surface area contributed by atoms with Gasteiger partial charge in [-0.15, -0.1) is 0 Å². The molecule has 0 unspecified atom stereocenters. The number of hydrogen-bond donors (Lipinski definition) is 1. The minimum Gasteiger partial charge on any atom is -0.303 e. The number of carbonyl (C=O) groups is 1. The number of rotatable bonds is 5. The van der Waals surface area contributed by atoms with Gasteiger partial charge in [-0.25, -0.2) is 0 Å². The third-order valence-electron chi connectivity index (χ3n) is 3.33. The summed E-state index contributed by atoms with van der Waals surface area (Å²) in [5.74, 6) is -0.527. The number of nitrogens with zero attached hydrogens (tertiary/aromatic N) is 4. The molecule has 2 heterocycles. The van der Waals surface area contributed by atoms with Crippen LogP contribution in [0.4, 0.5) is 14.6 Å². The van der Waals surface area contributed by atoms with Gasteiger partial charge in [-0.2, -0.15) is 23.7 Å². The predicted molar refractivity (Wildman–Crippen MR) is 91.9 cm³/mol. The number of aromatic nitrogens is 4. The summed E-state index contributed by atoms with van der Waals surface area (Å²) in [6.07, 6.45) is 2.79. The largest absolute Gasteiger partial charge is 0.333 e. The molecule has 0 atom stereocenters. The number of benzene rings is 1. The molecule has 6 nitrogen and oxygen atoms in total. The smallest absolute Gasteiger partial charge is 0.303 e. The van der Waals surface area contributed by atoms with Crippen LogP contribution in [0, 0.1) is 0 Å². The van der Waals surface area contributed by atoms with E-state index in [1.807, 2.05) is 18.2 Å². The maximum absolute atomic E-state index is 12.8. The van der Waals surface area contributed by atoms with Gasteiger partial charge in [-0.1, -0.05) is 29.8 Å². The summed E-state index contributed by atoms with van der Waals surface area (Å²) in [6, 6.07) is 8.51. The number of amides is 1. The lowest BCUT2D eigenvalue weighted by Crippen LogP contribution is -2.19. The molecule has 1 amide bonds. The topological polar surface area (TPSA) is 64.7 Å². The van der Waals surface area contributed by atoms with Crippen LogP contribution < -0.4 is 5.32 Å². The van der Waals surface area contributed by atoms with Gasteiger partial charge in [0.2, 0.25) is 0 Å². The van der Waals surface area contributed by atoms with E-state index in [9.17, 15) is 13.6 Å². The highest BCUT2D eigenvalue weighted by Gasteiger charge is 2.20. The second kappa shape index (κ2) is 7.32.